The van der Waals surface area contributed by atoms with Gasteiger partial charge in [0.05, 0.1) is 5.52 Å². The molecular weight excluding hydrogens is 438 g/mol. The van der Waals surface area contributed by atoms with Crippen molar-refractivity contribution in [3.8, 4) is 22.3 Å². The number of hydrogen-bond acceptors (Lipinski definition) is 1. The molecule has 2 heteroatoms. The summed E-state index contributed by atoms with van der Waals surface area (Å²) in [4.78, 5) is 3.71. The van der Waals surface area contributed by atoms with E-state index in [0.29, 0.717) is 0 Å². The fraction of sp³-hybridized carbons (Fsp3) is 0. The van der Waals surface area contributed by atoms with Crippen molar-refractivity contribution in [3.63, 3.8) is 0 Å². The van der Waals surface area contributed by atoms with Gasteiger partial charge in [-0.2, -0.15) is 0 Å². The molecule has 6 aromatic carbocycles. The van der Waals surface area contributed by atoms with E-state index in [0.717, 1.165) is 21.9 Å². The van der Waals surface area contributed by atoms with Crippen LogP contribution in [0.15, 0.2) is 126 Å². The lowest BCUT2D eigenvalue weighted by atomic mass is 9.97. The molecular formula is C34H21NO. The van der Waals surface area contributed by atoms with Crippen molar-refractivity contribution in [1.82, 2.24) is 4.98 Å². The van der Waals surface area contributed by atoms with Crippen molar-refractivity contribution in [1.29, 1.82) is 0 Å². The summed E-state index contributed by atoms with van der Waals surface area (Å²) in [5.74, 6) is 0. The average Bonchev–Trinajstić information content (AvgIpc) is 3.51. The number of H-pyrrole nitrogens is 1. The van der Waals surface area contributed by atoms with Gasteiger partial charge in [-0.15, -0.1) is 0 Å². The number of fused-ring (bicyclic) bond motifs is 8. The molecule has 2 aromatic heterocycles. The lowest BCUT2D eigenvalue weighted by Gasteiger charge is -2.07. The Hall–Kier alpha value is -4.82. The van der Waals surface area contributed by atoms with Gasteiger partial charge in [0, 0.05) is 32.6 Å². The van der Waals surface area contributed by atoms with Crippen LogP contribution >= 0.6 is 0 Å². The molecule has 36 heavy (non-hydrogen) atoms. The minimum Gasteiger partial charge on any atom is -0.456 e. The first-order valence-electron chi connectivity index (χ1n) is 12.3. The van der Waals surface area contributed by atoms with E-state index in [1.807, 2.05) is 12.1 Å². The van der Waals surface area contributed by atoms with Crippen LogP contribution in [0.3, 0.4) is 0 Å². The van der Waals surface area contributed by atoms with Gasteiger partial charge >= 0.3 is 0 Å². The fourth-order valence-electron chi connectivity index (χ4n) is 5.68. The largest absolute Gasteiger partial charge is 0.456 e. The molecule has 0 saturated heterocycles. The van der Waals surface area contributed by atoms with Gasteiger partial charge in [-0.3, -0.25) is 0 Å². The van der Waals surface area contributed by atoms with Crippen LogP contribution in [0.1, 0.15) is 0 Å². The third-order valence-electron chi connectivity index (χ3n) is 7.43. The Balaban J connectivity index is 1.26. The first-order chi connectivity index (χ1) is 17.8. The molecule has 0 saturated carbocycles. The first kappa shape index (κ1) is 19.5. The molecule has 0 aliphatic rings. The summed E-state index contributed by atoms with van der Waals surface area (Å²) < 4.78 is 6.01. The second-order valence-corrected chi connectivity index (χ2v) is 9.45. The third-order valence-corrected chi connectivity index (χ3v) is 7.43. The maximum atomic E-state index is 6.01. The number of rotatable bonds is 2. The maximum Gasteiger partial charge on any atom is 0.135 e. The highest BCUT2D eigenvalue weighted by molar-refractivity contribution is 6.22. The number of hydrogen-bond donors (Lipinski definition) is 1. The molecule has 0 bridgehead atoms. The molecule has 2 heterocycles. The van der Waals surface area contributed by atoms with Crippen LogP contribution in [0.2, 0.25) is 0 Å². The van der Waals surface area contributed by atoms with Crippen LogP contribution in [0.25, 0.3) is 76.8 Å². The van der Waals surface area contributed by atoms with E-state index >= 15 is 0 Å². The van der Waals surface area contributed by atoms with Crippen molar-refractivity contribution >= 4 is 54.5 Å². The third kappa shape index (κ3) is 2.79. The minimum absolute atomic E-state index is 0.926. The average molecular weight is 460 g/mol. The van der Waals surface area contributed by atoms with Gasteiger partial charge in [0.2, 0.25) is 0 Å². The molecule has 0 amide bonds. The normalized spacial score (nSPS) is 11.9. The van der Waals surface area contributed by atoms with Crippen LogP contribution in [0, 0.1) is 0 Å². The zero-order valence-corrected chi connectivity index (χ0v) is 19.5. The number of aromatic amines is 1. The summed E-state index contributed by atoms with van der Waals surface area (Å²) in [5, 5.41) is 7.42. The van der Waals surface area contributed by atoms with Gasteiger partial charge in [0.1, 0.15) is 11.2 Å². The Bertz CT molecular complexity index is 2090. The molecule has 8 rings (SSSR count). The standard InChI is InChI=1S/C34H21NO/c1-2-7-25-22(6-1)16-18-30-33(25)28-10-5-9-26(34(28)35-30)23-14-12-21(13-15-23)24-17-19-32-29(20-24)27-8-3-4-11-31(27)36-32/h1-20,35H. The second kappa shape index (κ2) is 7.34. The van der Waals surface area contributed by atoms with Gasteiger partial charge < -0.3 is 9.40 Å². The lowest BCUT2D eigenvalue weighted by molar-refractivity contribution is 0.669. The number of benzene rings is 6. The van der Waals surface area contributed by atoms with Gasteiger partial charge in [0.15, 0.2) is 0 Å². The summed E-state index contributed by atoms with van der Waals surface area (Å²) in [6, 6.07) is 43.2. The number of aromatic nitrogens is 1. The van der Waals surface area contributed by atoms with Gasteiger partial charge in [-0.25, -0.2) is 0 Å². The van der Waals surface area contributed by atoms with Crippen LogP contribution in [-0.2, 0) is 0 Å². The van der Waals surface area contributed by atoms with Gasteiger partial charge in [-0.05, 0) is 51.7 Å². The highest BCUT2D eigenvalue weighted by Crippen LogP contribution is 2.38. The number of para-hydroxylation sites is 2. The number of nitrogens with one attached hydrogen (secondary N) is 1. The fourth-order valence-corrected chi connectivity index (χ4v) is 5.68. The van der Waals surface area contributed by atoms with Crippen LogP contribution < -0.4 is 0 Å². The minimum atomic E-state index is 0.926. The Morgan fingerprint density at radius 2 is 1.19 bits per heavy atom. The van der Waals surface area contributed by atoms with E-state index in [1.54, 1.807) is 0 Å². The van der Waals surface area contributed by atoms with Gasteiger partial charge in [-0.1, -0.05) is 97.1 Å². The van der Waals surface area contributed by atoms with E-state index in [-0.39, 0.29) is 0 Å². The Kier molecular flexibility index (Phi) is 3.97. The summed E-state index contributed by atoms with van der Waals surface area (Å²) in [7, 11) is 0. The monoisotopic (exact) mass is 459 g/mol. The van der Waals surface area contributed by atoms with Crippen molar-refractivity contribution in [2.24, 2.45) is 0 Å². The van der Waals surface area contributed by atoms with Crippen LogP contribution in [0.5, 0.6) is 0 Å². The van der Waals surface area contributed by atoms with Gasteiger partial charge in [0.25, 0.3) is 0 Å². The van der Waals surface area contributed by atoms with Crippen LogP contribution in [0.4, 0.5) is 0 Å². The van der Waals surface area contributed by atoms with Crippen molar-refractivity contribution in [2.75, 3.05) is 0 Å². The maximum absolute atomic E-state index is 6.01. The molecule has 2 nitrogen and oxygen atoms in total. The van der Waals surface area contributed by atoms with E-state index in [1.165, 1.54) is 54.8 Å². The SMILES string of the molecule is c1ccc2c(c1)ccc1[nH]c3c(-c4ccc(-c5ccc6oc7ccccc7c6c5)cc4)cccc3c12. The smallest absolute Gasteiger partial charge is 0.135 e. The molecule has 0 spiro atoms. The molecule has 168 valence electrons. The Labute approximate surface area is 207 Å². The van der Waals surface area contributed by atoms with E-state index in [9.17, 15) is 0 Å². The first-order valence-corrected chi connectivity index (χ1v) is 12.3. The molecule has 0 aliphatic carbocycles. The number of furan rings is 1. The Morgan fingerprint density at radius 1 is 0.472 bits per heavy atom. The van der Waals surface area contributed by atoms with Crippen molar-refractivity contribution in [2.45, 2.75) is 0 Å². The predicted molar refractivity (Wildman–Crippen MR) is 151 cm³/mol. The molecule has 8 aromatic rings. The topological polar surface area (TPSA) is 28.9 Å². The molecule has 0 atom stereocenters. The van der Waals surface area contributed by atoms with E-state index < -0.39 is 0 Å². The molecule has 0 aliphatic heterocycles. The molecule has 0 radical (unpaired) electrons. The highest BCUT2D eigenvalue weighted by atomic mass is 16.3. The molecule has 1 N–H and O–H groups in total. The molecule has 0 unspecified atom stereocenters. The second-order valence-electron chi connectivity index (χ2n) is 9.45. The summed E-state index contributed by atoms with van der Waals surface area (Å²) in [6.07, 6.45) is 0. The zero-order valence-electron chi connectivity index (χ0n) is 19.5. The van der Waals surface area contributed by atoms with E-state index in [4.69, 9.17) is 4.42 Å². The summed E-state index contributed by atoms with van der Waals surface area (Å²) >= 11 is 0. The molecule has 0 fully saturated rings. The lowest BCUT2D eigenvalue weighted by Crippen LogP contribution is -1.82. The van der Waals surface area contributed by atoms with Crippen LogP contribution in [-0.4, -0.2) is 4.98 Å². The summed E-state index contributed by atoms with van der Waals surface area (Å²) in [6.45, 7) is 0. The predicted octanol–water partition coefficient (Wildman–Crippen LogP) is 9.71. The zero-order chi connectivity index (χ0) is 23.6. The summed E-state index contributed by atoms with van der Waals surface area (Å²) in [5.41, 5.74) is 9.02. The quantitative estimate of drug-likeness (QED) is 0.274. The van der Waals surface area contributed by atoms with Crippen molar-refractivity contribution < 1.29 is 4.42 Å². The van der Waals surface area contributed by atoms with E-state index in [2.05, 4.69) is 114 Å². The Morgan fingerprint density at radius 3 is 2.11 bits per heavy atom. The van der Waals surface area contributed by atoms with Crippen molar-refractivity contribution in [3.05, 3.63) is 121 Å². The highest BCUT2D eigenvalue weighted by Gasteiger charge is 2.13.